The molecular weight excluding hydrogens is 464 g/mol. The van der Waals surface area contributed by atoms with Gasteiger partial charge in [-0.25, -0.2) is 14.8 Å². The van der Waals surface area contributed by atoms with Crippen molar-refractivity contribution in [1.29, 1.82) is 0 Å². The third-order valence-electron chi connectivity index (χ3n) is 5.55. The van der Waals surface area contributed by atoms with Gasteiger partial charge in [0.05, 0.1) is 24.1 Å². The topological polar surface area (TPSA) is 106 Å². The number of esters is 1. The lowest BCUT2D eigenvalue weighted by atomic mass is 10.1. The largest absolute Gasteiger partial charge is 0.496 e. The van der Waals surface area contributed by atoms with Crippen LogP contribution in [0.15, 0.2) is 53.9 Å². The lowest BCUT2D eigenvalue weighted by molar-refractivity contribution is -0.124. The minimum atomic E-state index is -0.948. The first kappa shape index (κ1) is 24.2. The maximum absolute atomic E-state index is 12.8. The molecule has 4 rings (SSSR count). The van der Waals surface area contributed by atoms with Gasteiger partial charge < -0.3 is 14.5 Å². The number of para-hydroxylation sites is 1. The number of aryl methyl sites for hydroxylation is 2. The van der Waals surface area contributed by atoms with E-state index in [4.69, 9.17) is 9.47 Å². The van der Waals surface area contributed by atoms with Gasteiger partial charge in [0.15, 0.2) is 11.2 Å². The fourth-order valence-corrected chi connectivity index (χ4v) is 4.18. The number of hydrogen-bond acceptors (Lipinski definition) is 7. The highest BCUT2D eigenvalue weighted by Gasteiger charge is 2.23. The number of aromatic nitrogens is 3. The van der Waals surface area contributed by atoms with Gasteiger partial charge in [-0.1, -0.05) is 31.2 Å². The molecule has 1 amide bonds. The van der Waals surface area contributed by atoms with Crippen molar-refractivity contribution in [2.75, 3.05) is 12.4 Å². The molecule has 4 aromatic rings. The van der Waals surface area contributed by atoms with Crippen molar-refractivity contribution in [2.45, 2.75) is 33.3 Å². The maximum atomic E-state index is 12.8. The van der Waals surface area contributed by atoms with E-state index in [1.165, 1.54) is 11.3 Å². The van der Waals surface area contributed by atoms with Crippen LogP contribution in [-0.4, -0.2) is 40.0 Å². The lowest BCUT2D eigenvalue weighted by Crippen LogP contribution is -2.32. The normalized spacial score (nSPS) is 11.7. The molecule has 2 heterocycles. The highest BCUT2D eigenvalue weighted by Crippen LogP contribution is 2.32. The Morgan fingerprint density at radius 3 is 2.49 bits per heavy atom. The smallest absolute Gasteiger partial charge is 0.338 e. The Labute approximate surface area is 207 Å². The van der Waals surface area contributed by atoms with Crippen molar-refractivity contribution in [1.82, 2.24) is 15.0 Å². The highest BCUT2D eigenvalue weighted by atomic mass is 32.1. The van der Waals surface area contributed by atoms with Gasteiger partial charge >= 0.3 is 5.97 Å². The zero-order valence-electron chi connectivity index (χ0n) is 19.9. The predicted octanol–water partition coefficient (Wildman–Crippen LogP) is 5.40. The van der Waals surface area contributed by atoms with E-state index in [1.807, 2.05) is 43.5 Å². The van der Waals surface area contributed by atoms with Crippen LogP contribution in [0.3, 0.4) is 0 Å². The van der Waals surface area contributed by atoms with E-state index in [0.717, 1.165) is 28.3 Å². The van der Waals surface area contributed by atoms with E-state index in [1.54, 1.807) is 38.3 Å². The number of imidazole rings is 1. The van der Waals surface area contributed by atoms with Gasteiger partial charge in [-0.15, -0.1) is 11.3 Å². The number of ether oxygens (including phenoxy) is 2. The summed E-state index contributed by atoms with van der Waals surface area (Å²) in [5.74, 6) is 0.431. The van der Waals surface area contributed by atoms with Crippen LogP contribution in [0.4, 0.5) is 5.13 Å². The molecule has 1 unspecified atom stereocenters. The molecule has 8 nitrogen and oxygen atoms in total. The van der Waals surface area contributed by atoms with Gasteiger partial charge in [0.2, 0.25) is 0 Å². The molecule has 0 fully saturated rings. The minimum Gasteiger partial charge on any atom is -0.496 e. The molecule has 0 radical (unpaired) electrons. The second-order valence-electron chi connectivity index (χ2n) is 7.90. The first-order chi connectivity index (χ1) is 16.9. The molecule has 2 aromatic carbocycles. The Kier molecular flexibility index (Phi) is 7.26. The quantitative estimate of drug-likeness (QED) is 0.320. The Bertz CT molecular complexity index is 1320. The summed E-state index contributed by atoms with van der Waals surface area (Å²) in [5, 5.41) is 5.01. The number of benzene rings is 2. The van der Waals surface area contributed by atoms with Gasteiger partial charge in [-0.05, 0) is 44.5 Å². The molecular formula is C26H26N4O4S. The first-order valence-electron chi connectivity index (χ1n) is 11.1. The van der Waals surface area contributed by atoms with Crippen molar-refractivity contribution in [3.05, 3.63) is 70.9 Å². The monoisotopic (exact) mass is 490 g/mol. The highest BCUT2D eigenvalue weighted by molar-refractivity contribution is 7.14. The molecule has 0 aliphatic rings. The number of H-pyrrole nitrogens is 1. The van der Waals surface area contributed by atoms with E-state index in [0.29, 0.717) is 28.6 Å². The summed E-state index contributed by atoms with van der Waals surface area (Å²) < 4.78 is 10.9. The van der Waals surface area contributed by atoms with Gasteiger partial charge in [0, 0.05) is 22.2 Å². The number of hydrogen-bond donors (Lipinski definition) is 2. The molecule has 9 heteroatoms. The van der Waals surface area contributed by atoms with Gasteiger partial charge in [0.1, 0.15) is 11.6 Å². The number of anilines is 1. The van der Waals surface area contributed by atoms with Crippen LogP contribution >= 0.6 is 11.3 Å². The van der Waals surface area contributed by atoms with Gasteiger partial charge in [0.25, 0.3) is 5.91 Å². The van der Waals surface area contributed by atoms with Crippen molar-refractivity contribution >= 4 is 28.3 Å². The predicted molar refractivity (Wildman–Crippen MR) is 136 cm³/mol. The maximum Gasteiger partial charge on any atom is 0.338 e. The molecule has 2 aromatic heterocycles. The zero-order valence-corrected chi connectivity index (χ0v) is 20.7. The fraction of sp³-hybridized carbons (Fsp3) is 0.231. The lowest BCUT2D eigenvalue weighted by Gasteiger charge is -2.15. The summed E-state index contributed by atoms with van der Waals surface area (Å²) in [5.41, 5.74) is 4.65. The Morgan fingerprint density at radius 1 is 1.09 bits per heavy atom. The fourth-order valence-electron chi connectivity index (χ4n) is 3.46. The van der Waals surface area contributed by atoms with E-state index in [9.17, 15) is 9.59 Å². The molecule has 0 aliphatic heterocycles. The second kappa shape index (κ2) is 10.5. The van der Waals surface area contributed by atoms with Crippen LogP contribution in [0.2, 0.25) is 0 Å². The average Bonchev–Trinajstić information content (AvgIpc) is 3.48. The molecule has 0 spiro atoms. The number of thiazole rings is 1. The average molecular weight is 491 g/mol. The zero-order chi connectivity index (χ0) is 24.9. The van der Waals surface area contributed by atoms with E-state index in [-0.39, 0.29) is 0 Å². The molecule has 35 heavy (non-hydrogen) atoms. The van der Waals surface area contributed by atoms with Crippen LogP contribution in [0.25, 0.3) is 22.6 Å². The summed E-state index contributed by atoms with van der Waals surface area (Å²) in [6, 6.07) is 14.4. The first-order valence-corrected chi connectivity index (χ1v) is 12.0. The van der Waals surface area contributed by atoms with Gasteiger partial charge in [-0.2, -0.15) is 0 Å². The summed E-state index contributed by atoms with van der Waals surface area (Å²) in [4.78, 5) is 37.7. The van der Waals surface area contributed by atoms with E-state index < -0.39 is 18.0 Å². The minimum absolute atomic E-state index is 0.325. The third-order valence-corrected chi connectivity index (χ3v) is 6.31. The third kappa shape index (κ3) is 5.41. The number of methoxy groups -OCH3 is 1. The van der Waals surface area contributed by atoms with Crippen molar-refractivity contribution < 1.29 is 19.1 Å². The summed E-state index contributed by atoms with van der Waals surface area (Å²) in [6.45, 7) is 5.67. The number of nitrogens with one attached hydrogen (secondary N) is 2. The summed E-state index contributed by atoms with van der Waals surface area (Å²) in [7, 11) is 1.60. The SMILES string of the molecule is CCC(OC(=O)c1ccc(-c2nc(C)c(C)[nH]2)cc1)C(=O)Nc1nc(-c2ccccc2OC)cs1. The molecule has 0 saturated heterocycles. The Morgan fingerprint density at radius 2 is 1.83 bits per heavy atom. The molecule has 0 saturated carbocycles. The summed E-state index contributed by atoms with van der Waals surface area (Å²) in [6.07, 6.45) is -0.623. The number of aromatic amines is 1. The second-order valence-corrected chi connectivity index (χ2v) is 8.76. The standard InChI is InChI=1S/C26H26N4O4S/c1-5-21(24(31)30-26-29-20(14-35-26)19-8-6-7-9-22(19)33-4)34-25(32)18-12-10-17(11-13-18)23-27-15(2)16(3)28-23/h6-14,21H,5H2,1-4H3,(H,27,28)(H,29,30,31). The van der Waals surface area contributed by atoms with Crippen LogP contribution in [-0.2, 0) is 9.53 Å². The van der Waals surface area contributed by atoms with Crippen LogP contribution in [0.1, 0.15) is 35.1 Å². The van der Waals surface area contributed by atoms with Crippen LogP contribution in [0, 0.1) is 13.8 Å². The van der Waals surface area contributed by atoms with Crippen molar-refractivity contribution in [3.8, 4) is 28.4 Å². The number of nitrogens with zero attached hydrogens (tertiary/aromatic N) is 2. The number of rotatable bonds is 8. The van der Waals surface area contributed by atoms with Gasteiger partial charge in [-0.3, -0.25) is 10.1 Å². The molecule has 180 valence electrons. The van der Waals surface area contributed by atoms with Crippen molar-refractivity contribution in [3.63, 3.8) is 0 Å². The van der Waals surface area contributed by atoms with E-state index in [2.05, 4.69) is 20.3 Å². The molecule has 0 bridgehead atoms. The Hall–Kier alpha value is -3.98. The van der Waals surface area contributed by atoms with Crippen LogP contribution in [0.5, 0.6) is 5.75 Å². The van der Waals surface area contributed by atoms with Crippen molar-refractivity contribution in [2.24, 2.45) is 0 Å². The Balaban J connectivity index is 1.40. The summed E-state index contributed by atoms with van der Waals surface area (Å²) >= 11 is 1.29. The number of carbonyl (C=O) groups is 2. The molecule has 2 N–H and O–H groups in total. The van der Waals surface area contributed by atoms with Crippen LogP contribution < -0.4 is 10.1 Å². The molecule has 0 aliphatic carbocycles. The number of carbonyl (C=O) groups excluding carboxylic acids is 2. The number of amides is 1. The van der Waals surface area contributed by atoms with E-state index >= 15 is 0 Å². The molecule has 1 atom stereocenters.